The highest BCUT2D eigenvalue weighted by molar-refractivity contribution is 5.99. The number of fused-ring (bicyclic) bond motifs is 1. The standard InChI is InChI=1S/C26H27N5O/c1-19-10-12-21(13-11-19)25-23(18-31(29-25)16-20-7-3-2-4-8-20)26(32)27-15-22-17-30-14-6-5-9-24(30)28-22/h2-4,7-8,10-13,17-18H,5-6,9,14-16H2,1H3,(H,27,32). The highest BCUT2D eigenvalue weighted by Crippen LogP contribution is 2.23. The predicted octanol–water partition coefficient (Wildman–Crippen LogP) is 4.37. The Kier molecular flexibility index (Phi) is 5.58. The fraction of sp³-hybridized carbons (Fsp3) is 0.269. The molecule has 0 saturated carbocycles. The van der Waals surface area contributed by atoms with Crippen LogP contribution >= 0.6 is 0 Å². The third-order valence-corrected chi connectivity index (χ3v) is 5.91. The molecule has 2 aromatic carbocycles. The van der Waals surface area contributed by atoms with E-state index in [4.69, 9.17) is 10.1 Å². The number of aromatic nitrogens is 4. The molecule has 0 fully saturated rings. The number of carbonyl (C=O) groups is 1. The molecule has 2 aromatic heterocycles. The first-order valence-electron chi connectivity index (χ1n) is 11.2. The fourth-order valence-corrected chi connectivity index (χ4v) is 4.19. The molecule has 5 rings (SSSR count). The van der Waals surface area contributed by atoms with Crippen molar-refractivity contribution in [3.63, 3.8) is 0 Å². The molecule has 1 aliphatic heterocycles. The van der Waals surface area contributed by atoms with Gasteiger partial charge in [0, 0.05) is 30.9 Å². The lowest BCUT2D eigenvalue weighted by Crippen LogP contribution is -2.23. The van der Waals surface area contributed by atoms with E-state index in [2.05, 4.69) is 35.1 Å². The van der Waals surface area contributed by atoms with Gasteiger partial charge in [-0.2, -0.15) is 5.10 Å². The maximum Gasteiger partial charge on any atom is 0.255 e. The first kappa shape index (κ1) is 20.2. The molecule has 162 valence electrons. The van der Waals surface area contributed by atoms with Crippen molar-refractivity contribution < 1.29 is 4.79 Å². The van der Waals surface area contributed by atoms with E-state index in [1.807, 2.05) is 53.3 Å². The van der Waals surface area contributed by atoms with Crippen LogP contribution < -0.4 is 5.32 Å². The minimum atomic E-state index is -0.133. The van der Waals surface area contributed by atoms with Crippen molar-refractivity contribution in [2.75, 3.05) is 0 Å². The van der Waals surface area contributed by atoms with E-state index in [-0.39, 0.29) is 5.91 Å². The molecule has 32 heavy (non-hydrogen) atoms. The largest absolute Gasteiger partial charge is 0.346 e. The highest BCUT2D eigenvalue weighted by Gasteiger charge is 2.19. The lowest BCUT2D eigenvalue weighted by molar-refractivity contribution is 0.0951. The van der Waals surface area contributed by atoms with Gasteiger partial charge in [0.1, 0.15) is 11.5 Å². The molecular formula is C26H27N5O. The average Bonchev–Trinajstić information content (AvgIpc) is 3.43. The third kappa shape index (κ3) is 4.35. The number of nitrogens with one attached hydrogen (secondary N) is 1. The van der Waals surface area contributed by atoms with Gasteiger partial charge in [-0.15, -0.1) is 0 Å². The van der Waals surface area contributed by atoms with E-state index in [0.717, 1.165) is 35.6 Å². The minimum absolute atomic E-state index is 0.133. The van der Waals surface area contributed by atoms with Gasteiger partial charge < -0.3 is 9.88 Å². The van der Waals surface area contributed by atoms with E-state index in [1.54, 1.807) is 0 Å². The predicted molar refractivity (Wildman–Crippen MR) is 124 cm³/mol. The van der Waals surface area contributed by atoms with E-state index < -0.39 is 0 Å². The molecule has 0 radical (unpaired) electrons. The lowest BCUT2D eigenvalue weighted by Gasteiger charge is -2.11. The smallest absolute Gasteiger partial charge is 0.255 e. The molecule has 1 aliphatic rings. The van der Waals surface area contributed by atoms with Crippen molar-refractivity contribution in [2.24, 2.45) is 0 Å². The quantitative estimate of drug-likeness (QED) is 0.499. The summed E-state index contributed by atoms with van der Waals surface area (Å²) in [5.41, 5.74) is 5.43. The van der Waals surface area contributed by atoms with Crippen LogP contribution in [0.15, 0.2) is 67.0 Å². The Hall–Kier alpha value is -3.67. The molecule has 0 bridgehead atoms. The normalized spacial score (nSPS) is 13.0. The first-order chi connectivity index (χ1) is 15.7. The summed E-state index contributed by atoms with van der Waals surface area (Å²) in [6, 6.07) is 18.3. The molecule has 0 spiro atoms. The van der Waals surface area contributed by atoms with Crippen molar-refractivity contribution in [2.45, 2.75) is 45.8 Å². The second-order valence-electron chi connectivity index (χ2n) is 8.42. The summed E-state index contributed by atoms with van der Waals surface area (Å²) in [5, 5.41) is 7.83. The van der Waals surface area contributed by atoms with Gasteiger partial charge in [-0.25, -0.2) is 4.98 Å². The van der Waals surface area contributed by atoms with Crippen molar-refractivity contribution in [1.29, 1.82) is 0 Å². The Morgan fingerprint density at radius 2 is 1.84 bits per heavy atom. The Morgan fingerprint density at radius 1 is 1.03 bits per heavy atom. The van der Waals surface area contributed by atoms with Gasteiger partial charge in [-0.05, 0) is 25.3 Å². The van der Waals surface area contributed by atoms with E-state index in [0.29, 0.717) is 24.3 Å². The van der Waals surface area contributed by atoms with E-state index >= 15 is 0 Å². The molecule has 4 aromatic rings. The van der Waals surface area contributed by atoms with Gasteiger partial charge in [-0.1, -0.05) is 60.2 Å². The summed E-state index contributed by atoms with van der Waals surface area (Å²) in [6.45, 7) is 4.09. The summed E-state index contributed by atoms with van der Waals surface area (Å²) in [5.74, 6) is 0.988. The van der Waals surface area contributed by atoms with Crippen LogP contribution in [0.4, 0.5) is 0 Å². The summed E-state index contributed by atoms with van der Waals surface area (Å²) in [6.07, 6.45) is 7.29. The number of aryl methyl sites for hydroxylation is 3. The zero-order valence-corrected chi connectivity index (χ0v) is 18.3. The molecule has 6 nitrogen and oxygen atoms in total. The Labute approximate surface area is 187 Å². The highest BCUT2D eigenvalue weighted by atomic mass is 16.1. The monoisotopic (exact) mass is 425 g/mol. The maximum absolute atomic E-state index is 13.2. The summed E-state index contributed by atoms with van der Waals surface area (Å²) < 4.78 is 4.05. The number of benzene rings is 2. The number of hydrogen-bond acceptors (Lipinski definition) is 3. The van der Waals surface area contributed by atoms with Crippen LogP contribution in [-0.2, 0) is 26.1 Å². The number of carbonyl (C=O) groups excluding carboxylic acids is 1. The third-order valence-electron chi connectivity index (χ3n) is 5.91. The van der Waals surface area contributed by atoms with Gasteiger partial charge in [0.2, 0.25) is 0 Å². The van der Waals surface area contributed by atoms with Gasteiger partial charge >= 0.3 is 0 Å². The molecule has 0 saturated heterocycles. The van der Waals surface area contributed by atoms with Crippen molar-refractivity contribution >= 4 is 5.91 Å². The molecule has 1 N–H and O–H groups in total. The number of imidazole rings is 1. The molecule has 0 unspecified atom stereocenters. The SMILES string of the molecule is Cc1ccc(-c2nn(Cc3ccccc3)cc2C(=O)NCc2cn3c(n2)CCCC3)cc1. The topological polar surface area (TPSA) is 64.7 Å². The average molecular weight is 426 g/mol. The fourth-order valence-electron chi connectivity index (χ4n) is 4.19. The van der Waals surface area contributed by atoms with Crippen molar-refractivity contribution in [3.8, 4) is 11.3 Å². The number of hydrogen-bond donors (Lipinski definition) is 1. The lowest BCUT2D eigenvalue weighted by atomic mass is 10.1. The minimum Gasteiger partial charge on any atom is -0.346 e. The zero-order chi connectivity index (χ0) is 21.9. The van der Waals surface area contributed by atoms with Crippen LogP contribution in [0.2, 0.25) is 0 Å². The van der Waals surface area contributed by atoms with Crippen molar-refractivity contribution in [3.05, 3.63) is 95.2 Å². The number of rotatable bonds is 6. The zero-order valence-electron chi connectivity index (χ0n) is 18.3. The Bertz CT molecular complexity index is 1200. The summed E-state index contributed by atoms with van der Waals surface area (Å²) >= 11 is 0. The van der Waals surface area contributed by atoms with Crippen molar-refractivity contribution in [1.82, 2.24) is 24.6 Å². The van der Waals surface area contributed by atoms with Crippen LogP contribution in [0.1, 0.15) is 45.8 Å². The van der Waals surface area contributed by atoms with E-state index in [9.17, 15) is 4.79 Å². The number of nitrogens with zero attached hydrogens (tertiary/aromatic N) is 4. The van der Waals surface area contributed by atoms with Gasteiger partial charge in [0.15, 0.2) is 0 Å². The molecule has 0 atom stereocenters. The molecule has 3 heterocycles. The first-order valence-corrected chi connectivity index (χ1v) is 11.2. The molecular weight excluding hydrogens is 398 g/mol. The maximum atomic E-state index is 13.2. The number of amides is 1. The molecule has 1 amide bonds. The second-order valence-corrected chi connectivity index (χ2v) is 8.42. The van der Waals surface area contributed by atoms with Gasteiger partial charge in [-0.3, -0.25) is 9.48 Å². The Balaban J connectivity index is 1.39. The van der Waals surface area contributed by atoms with Crippen LogP contribution in [0.25, 0.3) is 11.3 Å². The van der Waals surface area contributed by atoms with Crippen LogP contribution in [0.5, 0.6) is 0 Å². The molecule has 6 heteroatoms. The van der Waals surface area contributed by atoms with E-state index in [1.165, 1.54) is 18.4 Å². The Morgan fingerprint density at radius 3 is 2.62 bits per heavy atom. The van der Waals surface area contributed by atoms with Crippen LogP contribution in [-0.4, -0.2) is 25.2 Å². The second kappa shape index (κ2) is 8.83. The van der Waals surface area contributed by atoms with Crippen LogP contribution in [0.3, 0.4) is 0 Å². The summed E-state index contributed by atoms with van der Waals surface area (Å²) in [7, 11) is 0. The summed E-state index contributed by atoms with van der Waals surface area (Å²) in [4.78, 5) is 17.9. The van der Waals surface area contributed by atoms with Gasteiger partial charge in [0.25, 0.3) is 5.91 Å². The molecule has 0 aliphatic carbocycles. The van der Waals surface area contributed by atoms with Crippen LogP contribution in [0, 0.1) is 6.92 Å². The van der Waals surface area contributed by atoms with Gasteiger partial charge in [0.05, 0.1) is 24.3 Å².